The molecule has 0 bridgehead atoms. The molecule has 16 heavy (non-hydrogen) atoms. The minimum atomic E-state index is 0.0663. The second kappa shape index (κ2) is 6.89. The SMILES string of the molecule is CCC(C)CN(C)C(=O)C1CCCCCN1. The van der Waals surface area contributed by atoms with Gasteiger partial charge in [0, 0.05) is 13.6 Å². The van der Waals surface area contributed by atoms with Crippen LogP contribution in [0.4, 0.5) is 0 Å². The molecule has 0 aliphatic carbocycles. The van der Waals surface area contributed by atoms with Crippen molar-refractivity contribution in [2.75, 3.05) is 20.1 Å². The predicted molar refractivity (Wildman–Crippen MR) is 67.4 cm³/mol. The molecule has 1 rings (SSSR count). The van der Waals surface area contributed by atoms with Crippen LogP contribution in [0.2, 0.25) is 0 Å². The Hall–Kier alpha value is -0.570. The number of rotatable bonds is 4. The highest BCUT2D eigenvalue weighted by Gasteiger charge is 2.23. The summed E-state index contributed by atoms with van der Waals surface area (Å²) in [5.41, 5.74) is 0. The average Bonchev–Trinajstić information content (AvgIpc) is 2.56. The summed E-state index contributed by atoms with van der Waals surface area (Å²) >= 11 is 0. The second-order valence-corrected chi connectivity index (χ2v) is 5.09. The van der Waals surface area contributed by atoms with Crippen molar-refractivity contribution in [1.82, 2.24) is 10.2 Å². The Labute approximate surface area is 99.6 Å². The highest BCUT2D eigenvalue weighted by atomic mass is 16.2. The van der Waals surface area contributed by atoms with Crippen LogP contribution in [-0.4, -0.2) is 37.0 Å². The van der Waals surface area contributed by atoms with E-state index in [-0.39, 0.29) is 11.9 Å². The van der Waals surface area contributed by atoms with Crippen LogP contribution in [0.3, 0.4) is 0 Å². The fourth-order valence-corrected chi connectivity index (χ4v) is 2.19. The molecule has 0 aromatic carbocycles. The maximum Gasteiger partial charge on any atom is 0.239 e. The minimum absolute atomic E-state index is 0.0663. The molecule has 94 valence electrons. The van der Waals surface area contributed by atoms with E-state index in [1.807, 2.05) is 11.9 Å². The first kappa shape index (κ1) is 13.5. The average molecular weight is 226 g/mol. The van der Waals surface area contributed by atoms with Crippen LogP contribution in [0, 0.1) is 5.92 Å². The van der Waals surface area contributed by atoms with Crippen LogP contribution >= 0.6 is 0 Å². The van der Waals surface area contributed by atoms with Crippen molar-refractivity contribution < 1.29 is 4.79 Å². The third-order valence-electron chi connectivity index (χ3n) is 3.52. The van der Waals surface area contributed by atoms with E-state index >= 15 is 0 Å². The number of nitrogens with zero attached hydrogens (tertiary/aromatic N) is 1. The van der Waals surface area contributed by atoms with Gasteiger partial charge in [0.25, 0.3) is 0 Å². The Bertz CT molecular complexity index is 210. The van der Waals surface area contributed by atoms with E-state index in [4.69, 9.17) is 0 Å². The summed E-state index contributed by atoms with van der Waals surface area (Å²) in [7, 11) is 1.93. The van der Waals surface area contributed by atoms with Gasteiger partial charge in [-0.2, -0.15) is 0 Å². The summed E-state index contributed by atoms with van der Waals surface area (Å²) in [6.07, 6.45) is 5.78. The summed E-state index contributed by atoms with van der Waals surface area (Å²) in [5.74, 6) is 0.877. The molecule has 0 aromatic heterocycles. The van der Waals surface area contributed by atoms with Gasteiger partial charge in [-0.15, -0.1) is 0 Å². The van der Waals surface area contributed by atoms with Crippen molar-refractivity contribution >= 4 is 5.91 Å². The van der Waals surface area contributed by atoms with Gasteiger partial charge in [-0.05, 0) is 25.3 Å². The molecule has 0 radical (unpaired) electrons. The van der Waals surface area contributed by atoms with Gasteiger partial charge in [0.05, 0.1) is 6.04 Å². The molecule has 1 heterocycles. The summed E-state index contributed by atoms with van der Waals surface area (Å²) in [6.45, 7) is 6.25. The first-order valence-corrected chi connectivity index (χ1v) is 6.63. The van der Waals surface area contributed by atoms with Crippen LogP contribution in [0.1, 0.15) is 46.0 Å². The molecule has 0 spiro atoms. The monoisotopic (exact) mass is 226 g/mol. The molecule has 0 saturated carbocycles. The molecular formula is C13H26N2O. The molecule has 1 amide bonds. The van der Waals surface area contributed by atoms with Gasteiger partial charge in [0.2, 0.25) is 5.91 Å². The van der Waals surface area contributed by atoms with Crippen molar-refractivity contribution in [3.05, 3.63) is 0 Å². The van der Waals surface area contributed by atoms with E-state index in [0.717, 1.165) is 25.9 Å². The number of carbonyl (C=O) groups is 1. The molecule has 1 aliphatic heterocycles. The number of likely N-dealkylation sites (N-methyl/N-ethyl adjacent to an activating group) is 1. The zero-order chi connectivity index (χ0) is 12.0. The lowest BCUT2D eigenvalue weighted by Gasteiger charge is -2.25. The predicted octanol–water partition coefficient (Wildman–Crippen LogP) is 2.02. The summed E-state index contributed by atoms with van der Waals surface area (Å²) in [4.78, 5) is 14.1. The zero-order valence-corrected chi connectivity index (χ0v) is 11.0. The molecule has 0 aromatic rings. The van der Waals surface area contributed by atoms with Crippen LogP contribution < -0.4 is 5.32 Å². The molecule has 1 N–H and O–H groups in total. The Balaban J connectivity index is 2.41. The second-order valence-electron chi connectivity index (χ2n) is 5.09. The van der Waals surface area contributed by atoms with Crippen LogP contribution in [0.25, 0.3) is 0 Å². The Morgan fingerprint density at radius 1 is 1.44 bits per heavy atom. The van der Waals surface area contributed by atoms with Gasteiger partial charge in [-0.25, -0.2) is 0 Å². The molecular weight excluding hydrogens is 200 g/mol. The van der Waals surface area contributed by atoms with E-state index in [0.29, 0.717) is 5.92 Å². The highest BCUT2D eigenvalue weighted by Crippen LogP contribution is 2.11. The normalized spacial score (nSPS) is 23.6. The molecule has 2 unspecified atom stereocenters. The largest absolute Gasteiger partial charge is 0.344 e. The number of carbonyl (C=O) groups excluding carboxylic acids is 1. The Morgan fingerprint density at radius 2 is 2.19 bits per heavy atom. The van der Waals surface area contributed by atoms with Crippen molar-refractivity contribution in [1.29, 1.82) is 0 Å². The Morgan fingerprint density at radius 3 is 2.88 bits per heavy atom. The number of hydrogen-bond acceptors (Lipinski definition) is 2. The quantitative estimate of drug-likeness (QED) is 0.795. The van der Waals surface area contributed by atoms with Gasteiger partial charge >= 0.3 is 0 Å². The Kier molecular flexibility index (Phi) is 5.81. The lowest BCUT2D eigenvalue weighted by molar-refractivity contribution is -0.132. The minimum Gasteiger partial charge on any atom is -0.344 e. The van der Waals surface area contributed by atoms with E-state index in [9.17, 15) is 4.79 Å². The maximum atomic E-state index is 12.2. The topological polar surface area (TPSA) is 32.3 Å². The van der Waals surface area contributed by atoms with E-state index in [2.05, 4.69) is 19.2 Å². The third kappa shape index (κ3) is 4.12. The molecule has 2 atom stereocenters. The summed E-state index contributed by atoms with van der Waals surface area (Å²) in [5, 5.41) is 3.36. The summed E-state index contributed by atoms with van der Waals surface area (Å²) in [6, 6.07) is 0.0663. The van der Waals surface area contributed by atoms with Crippen LogP contribution in [0.5, 0.6) is 0 Å². The fraction of sp³-hybridized carbons (Fsp3) is 0.923. The smallest absolute Gasteiger partial charge is 0.239 e. The first-order valence-electron chi connectivity index (χ1n) is 6.63. The van der Waals surface area contributed by atoms with Crippen molar-refractivity contribution in [2.45, 2.75) is 52.0 Å². The van der Waals surface area contributed by atoms with Crippen molar-refractivity contribution in [3.63, 3.8) is 0 Å². The lowest BCUT2D eigenvalue weighted by Crippen LogP contribution is -2.45. The van der Waals surface area contributed by atoms with E-state index in [1.54, 1.807) is 0 Å². The molecule has 3 nitrogen and oxygen atoms in total. The van der Waals surface area contributed by atoms with E-state index < -0.39 is 0 Å². The van der Waals surface area contributed by atoms with Gasteiger partial charge in [0.15, 0.2) is 0 Å². The fourth-order valence-electron chi connectivity index (χ4n) is 2.19. The molecule has 1 fully saturated rings. The maximum absolute atomic E-state index is 12.2. The van der Waals surface area contributed by atoms with E-state index in [1.165, 1.54) is 19.3 Å². The lowest BCUT2D eigenvalue weighted by atomic mass is 10.1. The highest BCUT2D eigenvalue weighted by molar-refractivity contribution is 5.81. The molecule has 3 heteroatoms. The molecule has 1 saturated heterocycles. The molecule has 1 aliphatic rings. The number of amides is 1. The third-order valence-corrected chi connectivity index (χ3v) is 3.52. The van der Waals surface area contributed by atoms with Crippen molar-refractivity contribution in [3.8, 4) is 0 Å². The first-order chi connectivity index (χ1) is 7.65. The van der Waals surface area contributed by atoms with Gasteiger partial charge in [-0.1, -0.05) is 33.1 Å². The van der Waals surface area contributed by atoms with Crippen molar-refractivity contribution in [2.24, 2.45) is 5.92 Å². The zero-order valence-electron chi connectivity index (χ0n) is 11.0. The van der Waals surface area contributed by atoms with Gasteiger partial charge in [0.1, 0.15) is 0 Å². The van der Waals surface area contributed by atoms with Crippen LogP contribution in [-0.2, 0) is 4.79 Å². The standard InChI is InChI=1S/C13H26N2O/c1-4-11(2)10-15(3)13(16)12-8-6-5-7-9-14-12/h11-12,14H,4-10H2,1-3H3. The number of hydrogen-bond donors (Lipinski definition) is 1. The van der Waals surface area contributed by atoms with Gasteiger partial charge < -0.3 is 10.2 Å². The van der Waals surface area contributed by atoms with Gasteiger partial charge in [-0.3, -0.25) is 4.79 Å². The van der Waals surface area contributed by atoms with Crippen LogP contribution in [0.15, 0.2) is 0 Å². The number of nitrogens with one attached hydrogen (secondary N) is 1. The summed E-state index contributed by atoms with van der Waals surface area (Å²) < 4.78 is 0.